The lowest BCUT2D eigenvalue weighted by atomic mass is 10.1. The quantitative estimate of drug-likeness (QED) is 0.561. The summed E-state index contributed by atoms with van der Waals surface area (Å²) in [4.78, 5) is 52.3. The molecule has 0 spiro atoms. The molecule has 186 valence electrons. The van der Waals surface area contributed by atoms with Crippen molar-refractivity contribution in [3.8, 4) is 0 Å². The van der Waals surface area contributed by atoms with Crippen molar-refractivity contribution in [1.29, 1.82) is 0 Å². The molecule has 3 atom stereocenters. The summed E-state index contributed by atoms with van der Waals surface area (Å²) in [5, 5.41) is 8.35. The highest BCUT2D eigenvalue weighted by atomic mass is 16.6. The molecule has 34 heavy (non-hydrogen) atoms. The van der Waals surface area contributed by atoms with Gasteiger partial charge in [0.05, 0.1) is 6.54 Å². The molecule has 3 N–H and O–H groups in total. The van der Waals surface area contributed by atoms with Gasteiger partial charge in [0.2, 0.25) is 17.7 Å². The van der Waals surface area contributed by atoms with Gasteiger partial charge in [0.15, 0.2) is 0 Å². The Labute approximate surface area is 200 Å². The summed E-state index contributed by atoms with van der Waals surface area (Å²) < 4.78 is 5.49. The van der Waals surface area contributed by atoms with Gasteiger partial charge in [0.25, 0.3) is 0 Å². The fourth-order valence-corrected chi connectivity index (χ4v) is 4.23. The van der Waals surface area contributed by atoms with Gasteiger partial charge in [0.1, 0.15) is 11.6 Å². The molecule has 3 unspecified atom stereocenters. The number of nitrogens with one attached hydrogen (secondary N) is 3. The van der Waals surface area contributed by atoms with Crippen molar-refractivity contribution in [2.75, 3.05) is 30.3 Å². The van der Waals surface area contributed by atoms with Crippen molar-refractivity contribution >= 4 is 35.2 Å². The molecule has 4 amide bonds. The largest absolute Gasteiger partial charge is 0.444 e. The maximum atomic E-state index is 12.8. The normalized spacial score (nSPS) is 23.8. The third kappa shape index (κ3) is 6.93. The molecule has 0 bridgehead atoms. The van der Waals surface area contributed by atoms with Crippen LogP contribution in [0, 0.1) is 0 Å². The summed E-state index contributed by atoms with van der Waals surface area (Å²) in [6, 6.07) is 6.61. The van der Waals surface area contributed by atoms with Crippen LogP contribution in [0.15, 0.2) is 24.3 Å². The van der Waals surface area contributed by atoms with Crippen molar-refractivity contribution in [2.45, 2.75) is 71.2 Å². The summed E-state index contributed by atoms with van der Waals surface area (Å²) in [5.41, 5.74) is 0.734. The molecular formula is C24H35N5O5. The van der Waals surface area contributed by atoms with E-state index in [0.717, 1.165) is 0 Å². The fourth-order valence-electron chi connectivity index (χ4n) is 4.23. The van der Waals surface area contributed by atoms with E-state index < -0.39 is 11.6 Å². The average Bonchev–Trinajstić information content (AvgIpc) is 2.71. The van der Waals surface area contributed by atoms with Crippen LogP contribution in [0.3, 0.4) is 0 Å². The van der Waals surface area contributed by atoms with Gasteiger partial charge in [-0.25, -0.2) is 4.79 Å². The molecular weight excluding hydrogens is 438 g/mol. The highest BCUT2D eigenvalue weighted by Gasteiger charge is 2.34. The summed E-state index contributed by atoms with van der Waals surface area (Å²) in [5.74, 6) is -0.777. The molecule has 0 saturated carbocycles. The second kappa shape index (κ2) is 10.4. The van der Waals surface area contributed by atoms with E-state index in [0.29, 0.717) is 30.9 Å². The second-order valence-electron chi connectivity index (χ2n) is 10.0. The third-order valence-electron chi connectivity index (χ3n) is 5.81. The molecule has 2 saturated heterocycles. The Hall–Kier alpha value is -3.14. The van der Waals surface area contributed by atoms with E-state index in [1.807, 2.05) is 34.6 Å². The predicted octanol–water partition coefficient (Wildman–Crippen LogP) is 2.17. The first kappa shape index (κ1) is 25.5. The third-order valence-corrected chi connectivity index (χ3v) is 5.81. The predicted molar refractivity (Wildman–Crippen MR) is 128 cm³/mol. The van der Waals surface area contributed by atoms with Crippen LogP contribution in [0.1, 0.15) is 47.5 Å². The maximum Gasteiger partial charge on any atom is 0.410 e. The van der Waals surface area contributed by atoms with Crippen molar-refractivity contribution in [3.63, 3.8) is 0 Å². The number of piperidine rings is 1. The van der Waals surface area contributed by atoms with Crippen molar-refractivity contribution in [1.82, 2.24) is 15.1 Å². The minimum atomic E-state index is -0.553. The summed E-state index contributed by atoms with van der Waals surface area (Å²) in [7, 11) is 0. The highest BCUT2D eigenvalue weighted by Crippen LogP contribution is 2.21. The Morgan fingerprint density at radius 3 is 2.38 bits per heavy atom. The minimum Gasteiger partial charge on any atom is -0.444 e. The van der Waals surface area contributed by atoms with Crippen LogP contribution < -0.4 is 16.0 Å². The summed E-state index contributed by atoms with van der Waals surface area (Å²) >= 11 is 0. The van der Waals surface area contributed by atoms with Crippen LogP contribution in [-0.2, 0) is 19.1 Å². The number of anilines is 2. The number of rotatable bonds is 5. The van der Waals surface area contributed by atoms with Gasteiger partial charge in [-0.05, 0) is 59.2 Å². The molecule has 0 aromatic heterocycles. The Kier molecular flexibility index (Phi) is 7.81. The first-order valence-corrected chi connectivity index (χ1v) is 11.6. The molecule has 2 aliphatic rings. The molecule has 3 rings (SSSR count). The number of hydrogen-bond acceptors (Lipinski definition) is 7. The maximum absolute atomic E-state index is 12.8. The van der Waals surface area contributed by atoms with Crippen LogP contribution in [0.4, 0.5) is 16.2 Å². The molecule has 2 fully saturated rings. The van der Waals surface area contributed by atoms with Crippen molar-refractivity contribution < 1.29 is 23.9 Å². The monoisotopic (exact) mass is 473 g/mol. The van der Waals surface area contributed by atoms with Crippen molar-refractivity contribution in [2.24, 2.45) is 0 Å². The molecule has 0 radical (unpaired) electrons. The molecule has 10 nitrogen and oxygen atoms in total. The van der Waals surface area contributed by atoms with E-state index in [-0.39, 0.29) is 48.9 Å². The first-order valence-electron chi connectivity index (χ1n) is 11.6. The molecule has 1 aromatic rings. The van der Waals surface area contributed by atoms with Gasteiger partial charge < -0.3 is 20.3 Å². The SMILES string of the molecule is CC1CN(C(=O)OC(C)(C)C)CC(C)N1CC(=O)Nc1cccc(NC2CCC(=O)NC2=O)c1. The second-order valence-corrected chi connectivity index (χ2v) is 10.0. The smallest absolute Gasteiger partial charge is 0.410 e. The van der Waals surface area contributed by atoms with Crippen LogP contribution in [0.2, 0.25) is 0 Å². The van der Waals surface area contributed by atoms with Crippen LogP contribution in [-0.4, -0.2) is 77.0 Å². The lowest BCUT2D eigenvalue weighted by molar-refractivity contribution is -0.133. The van der Waals surface area contributed by atoms with E-state index >= 15 is 0 Å². The lowest BCUT2D eigenvalue weighted by Crippen LogP contribution is -2.59. The van der Waals surface area contributed by atoms with Crippen LogP contribution in [0.25, 0.3) is 0 Å². The standard InChI is InChI=1S/C24H35N5O5/c1-15-12-28(23(33)34-24(3,4)5)13-16(2)29(15)14-21(31)26-18-8-6-7-17(11-18)25-19-9-10-20(30)27-22(19)32/h6-8,11,15-16,19,25H,9-10,12-14H2,1-5H3,(H,26,31)(H,27,30,32). The van der Waals surface area contributed by atoms with Gasteiger partial charge in [-0.2, -0.15) is 0 Å². The van der Waals surface area contributed by atoms with Crippen LogP contribution >= 0.6 is 0 Å². The molecule has 0 aliphatic carbocycles. The Morgan fingerprint density at radius 2 is 1.76 bits per heavy atom. The van der Waals surface area contributed by atoms with Gasteiger partial charge >= 0.3 is 6.09 Å². The van der Waals surface area contributed by atoms with E-state index in [4.69, 9.17) is 4.74 Å². The number of piperazine rings is 1. The molecule has 1 aromatic carbocycles. The Bertz CT molecular complexity index is 932. The topological polar surface area (TPSA) is 120 Å². The Balaban J connectivity index is 1.54. The van der Waals surface area contributed by atoms with E-state index in [9.17, 15) is 19.2 Å². The molecule has 2 heterocycles. The number of carbonyl (C=O) groups is 4. The van der Waals surface area contributed by atoms with E-state index in [1.54, 1.807) is 29.2 Å². The Morgan fingerprint density at radius 1 is 1.12 bits per heavy atom. The zero-order chi connectivity index (χ0) is 25.0. The number of carbonyl (C=O) groups excluding carboxylic acids is 4. The molecule has 2 aliphatic heterocycles. The zero-order valence-electron chi connectivity index (χ0n) is 20.5. The number of hydrogen-bond donors (Lipinski definition) is 3. The first-order chi connectivity index (χ1) is 15.9. The van der Waals surface area contributed by atoms with Gasteiger partial charge in [0, 0.05) is 43.0 Å². The number of benzene rings is 1. The molecule has 10 heteroatoms. The number of nitrogens with zero attached hydrogens (tertiary/aromatic N) is 2. The number of ether oxygens (including phenoxy) is 1. The lowest BCUT2D eigenvalue weighted by Gasteiger charge is -2.44. The minimum absolute atomic E-state index is 0.0115. The van der Waals surface area contributed by atoms with Crippen LogP contribution in [0.5, 0.6) is 0 Å². The highest BCUT2D eigenvalue weighted by molar-refractivity contribution is 6.01. The average molecular weight is 474 g/mol. The van der Waals surface area contributed by atoms with Crippen molar-refractivity contribution in [3.05, 3.63) is 24.3 Å². The zero-order valence-corrected chi connectivity index (χ0v) is 20.5. The number of imide groups is 1. The summed E-state index contributed by atoms with van der Waals surface area (Å²) in [6.07, 6.45) is 0.375. The van der Waals surface area contributed by atoms with Gasteiger partial charge in [-0.1, -0.05) is 6.07 Å². The summed E-state index contributed by atoms with van der Waals surface area (Å²) in [6.45, 7) is 10.7. The van der Waals surface area contributed by atoms with Gasteiger partial charge in [-0.3, -0.25) is 24.6 Å². The number of amides is 4. The fraction of sp³-hybridized carbons (Fsp3) is 0.583. The van der Waals surface area contributed by atoms with E-state index in [2.05, 4.69) is 20.9 Å². The van der Waals surface area contributed by atoms with E-state index in [1.165, 1.54) is 0 Å². The van der Waals surface area contributed by atoms with Gasteiger partial charge in [-0.15, -0.1) is 0 Å².